The van der Waals surface area contributed by atoms with Gasteiger partial charge in [-0.25, -0.2) is 0 Å². The van der Waals surface area contributed by atoms with Crippen molar-refractivity contribution in [3.05, 3.63) is 16.7 Å². The summed E-state index contributed by atoms with van der Waals surface area (Å²) in [7, 11) is 3.88. The molecule has 0 atom stereocenters. The number of nitrogens with zero attached hydrogens (tertiary/aromatic N) is 1. The molecule has 1 rings (SSSR count). The van der Waals surface area contributed by atoms with E-state index in [2.05, 4.69) is 9.97 Å². The van der Waals surface area contributed by atoms with Gasteiger partial charge in [-0.1, -0.05) is 0 Å². The highest BCUT2D eigenvalue weighted by molar-refractivity contribution is 7.71. The van der Waals surface area contributed by atoms with Gasteiger partial charge in [0.2, 0.25) is 0 Å². The van der Waals surface area contributed by atoms with E-state index in [1.54, 1.807) is 6.20 Å². The molecule has 0 unspecified atom stereocenters. The number of aryl methyl sites for hydroxylation is 1. The fourth-order valence-corrected chi connectivity index (χ4v) is 1.35. The SMILES string of the molecule is CN(C)CCOC(=O)CCc1c[nH]c(=S)[nH]1. The molecule has 2 N–H and O–H groups in total. The van der Waals surface area contributed by atoms with Gasteiger partial charge in [-0.3, -0.25) is 4.79 Å². The number of carbonyl (C=O) groups is 1. The molecule has 0 aliphatic heterocycles. The predicted octanol–water partition coefficient (Wildman–Crippen LogP) is 1.11. The predicted molar refractivity (Wildman–Crippen MR) is 63.8 cm³/mol. The summed E-state index contributed by atoms with van der Waals surface area (Å²) in [5, 5.41) is 0. The number of likely N-dealkylation sites (N-methyl/N-ethyl adjacent to an activating group) is 1. The van der Waals surface area contributed by atoms with E-state index >= 15 is 0 Å². The Hall–Kier alpha value is -1.14. The van der Waals surface area contributed by atoms with Crippen molar-refractivity contribution < 1.29 is 9.53 Å². The van der Waals surface area contributed by atoms with Gasteiger partial charge in [0.25, 0.3) is 0 Å². The van der Waals surface area contributed by atoms with Gasteiger partial charge in [0.15, 0.2) is 4.77 Å². The van der Waals surface area contributed by atoms with Crippen molar-refractivity contribution in [2.24, 2.45) is 0 Å². The monoisotopic (exact) mass is 243 g/mol. The van der Waals surface area contributed by atoms with Gasteiger partial charge in [0.1, 0.15) is 6.61 Å². The molecule has 0 saturated carbocycles. The Morgan fingerprint density at radius 3 is 2.88 bits per heavy atom. The second-order valence-electron chi connectivity index (χ2n) is 3.79. The molecule has 0 aliphatic rings. The maximum atomic E-state index is 11.3. The van der Waals surface area contributed by atoms with Gasteiger partial charge >= 0.3 is 5.97 Å². The van der Waals surface area contributed by atoms with Crippen molar-refractivity contribution >= 4 is 18.2 Å². The minimum atomic E-state index is -0.178. The Bertz CT molecular complexity index is 383. The molecular formula is C10H17N3O2S. The fourth-order valence-electron chi connectivity index (χ4n) is 1.16. The minimum absolute atomic E-state index is 0.178. The lowest BCUT2D eigenvalue weighted by molar-refractivity contribution is -0.143. The van der Waals surface area contributed by atoms with Gasteiger partial charge in [0.05, 0.1) is 6.42 Å². The number of ether oxygens (including phenoxy) is 1. The quantitative estimate of drug-likeness (QED) is 0.580. The van der Waals surface area contributed by atoms with Crippen molar-refractivity contribution in [1.29, 1.82) is 0 Å². The van der Waals surface area contributed by atoms with Crippen LogP contribution in [0.15, 0.2) is 6.20 Å². The molecule has 0 aromatic carbocycles. The Labute approximate surface area is 99.8 Å². The summed E-state index contributed by atoms with van der Waals surface area (Å²) >= 11 is 4.88. The maximum Gasteiger partial charge on any atom is 0.306 e. The normalized spacial score (nSPS) is 10.7. The van der Waals surface area contributed by atoms with Crippen LogP contribution in [0.3, 0.4) is 0 Å². The number of nitrogens with one attached hydrogen (secondary N) is 2. The molecule has 1 heterocycles. The Morgan fingerprint density at radius 1 is 1.56 bits per heavy atom. The zero-order valence-electron chi connectivity index (χ0n) is 9.58. The first-order valence-electron chi connectivity index (χ1n) is 5.15. The van der Waals surface area contributed by atoms with Crippen LogP contribution in [0, 0.1) is 4.77 Å². The van der Waals surface area contributed by atoms with Gasteiger partial charge in [-0.15, -0.1) is 0 Å². The molecule has 90 valence electrons. The number of carbonyl (C=O) groups excluding carboxylic acids is 1. The highest BCUT2D eigenvalue weighted by Crippen LogP contribution is 1.99. The van der Waals surface area contributed by atoms with E-state index in [1.165, 1.54) is 0 Å². The third-order valence-electron chi connectivity index (χ3n) is 2.05. The smallest absolute Gasteiger partial charge is 0.306 e. The molecule has 0 fully saturated rings. The van der Waals surface area contributed by atoms with Crippen molar-refractivity contribution in [2.45, 2.75) is 12.8 Å². The molecule has 1 aromatic heterocycles. The van der Waals surface area contributed by atoms with Crippen molar-refractivity contribution in [2.75, 3.05) is 27.2 Å². The summed E-state index contributed by atoms with van der Waals surface area (Å²) in [4.78, 5) is 19.1. The summed E-state index contributed by atoms with van der Waals surface area (Å²) in [5.74, 6) is -0.178. The Balaban J connectivity index is 2.18. The van der Waals surface area contributed by atoms with E-state index in [4.69, 9.17) is 17.0 Å². The molecule has 0 spiro atoms. The van der Waals surface area contributed by atoms with E-state index in [-0.39, 0.29) is 5.97 Å². The van der Waals surface area contributed by atoms with E-state index in [0.717, 1.165) is 12.2 Å². The molecule has 0 saturated heterocycles. The van der Waals surface area contributed by atoms with Crippen LogP contribution in [0.1, 0.15) is 12.1 Å². The molecule has 0 amide bonds. The van der Waals surface area contributed by atoms with E-state index in [9.17, 15) is 4.79 Å². The highest BCUT2D eigenvalue weighted by Gasteiger charge is 2.04. The lowest BCUT2D eigenvalue weighted by Gasteiger charge is -2.09. The number of imidazole rings is 1. The largest absolute Gasteiger partial charge is 0.464 e. The molecule has 16 heavy (non-hydrogen) atoms. The molecule has 0 bridgehead atoms. The molecule has 1 aromatic rings. The summed E-state index contributed by atoms with van der Waals surface area (Å²) < 4.78 is 5.63. The molecular weight excluding hydrogens is 226 g/mol. The first-order chi connectivity index (χ1) is 7.58. The lowest BCUT2D eigenvalue weighted by atomic mass is 10.2. The maximum absolute atomic E-state index is 11.3. The first kappa shape index (κ1) is 12.9. The van der Waals surface area contributed by atoms with Crippen LogP contribution in [0.4, 0.5) is 0 Å². The van der Waals surface area contributed by atoms with Crippen LogP contribution in [0.25, 0.3) is 0 Å². The van der Waals surface area contributed by atoms with Gasteiger partial charge in [0, 0.05) is 18.4 Å². The lowest BCUT2D eigenvalue weighted by Crippen LogP contribution is -2.20. The number of hydrogen-bond acceptors (Lipinski definition) is 4. The van der Waals surface area contributed by atoms with Crippen LogP contribution in [0.5, 0.6) is 0 Å². The van der Waals surface area contributed by atoms with E-state index < -0.39 is 0 Å². The van der Waals surface area contributed by atoms with Crippen LogP contribution in [0.2, 0.25) is 0 Å². The van der Waals surface area contributed by atoms with Crippen LogP contribution >= 0.6 is 12.2 Å². The number of aromatic amines is 2. The summed E-state index contributed by atoms with van der Waals surface area (Å²) in [5.41, 5.74) is 0.926. The molecule has 6 heteroatoms. The number of esters is 1. The van der Waals surface area contributed by atoms with Gasteiger partial charge < -0.3 is 19.6 Å². The number of H-pyrrole nitrogens is 2. The second kappa shape index (κ2) is 6.44. The van der Waals surface area contributed by atoms with E-state index in [0.29, 0.717) is 24.2 Å². The first-order valence-corrected chi connectivity index (χ1v) is 5.55. The fraction of sp³-hybridized carbons (Fsp3) is 0.600. The molecule has 5 nitrogen and oxygen atoms in total. The van der Waals surface area contributed by atoms with E-state index in [1.807, 2.05) is 19.0 Å². The number of rotatable bonds is 6. The number of hydrogen-bond donors (Lipinski definition) is 2. The molecule has 0 radical (unpaired) electrons. The third-order valence-corrected chi connectivity index (χ3v) is 2.27. The number of aromatic nitrogens is 2. The average Bonchev–Trinajstić information content (AvgIpc) is 2.61. The average molecular weight is 243 g/mol. The summed E-state index contributed by atoms with van der Waals surface area (Å²) in [6.07, 6.45) is 2.76. The van der Waals surface area contributed by atoms with Gasteiger partial charge in [-0.2, -0.15) is 0 Å². The van der Waals surface area contributed by atoms with Crippen molar-refractivity contribution in [3.8, 4) is 0 Å². The zero-order valence-corrected chi connectivity index (χ0v) is 10.4. The van der Waals surface area contributed by atoms with Crippen LogP contribution in [-0.4, -0.2) is 48.1 Å². The standard InChI is InChI=1S/C10H17N3O2S/c1-13(2)5-6-15-9(14)4-3-8-7-11-10(16)12-8/h7H,3-6H2,1-2H3,(H2,11,12,16). The van der Waals surface area contributed by atoms with Crippen molar-refractivity contribution in [1.82, 2.24) is 14.9 Å². The summed E-state index contributed by atoms with van der Waals surface area (Å²) in [6.45, 7) is 1.19. The van der Waals surface area contributed by atoms with Gasteiger partial charge in [-0.05, 0) is 32.7 Å². The Morgan fingerprint density at radius 2 is 2.31 bits per heavy atom. The van der Waals surface area contributed by atoms with Crippen LogP contribution < -0.4 is 0 Å². The second-order valence-corrected chi connectivity index (χ2v) is 4.20. The topological polar surface area (TPSA) is 61.1 Å². The third kappa shape index (κ3) is 5.09. The van der Waals surface area contributed by atoms with Crippen LogP contribution in [-0.2, 0) is 16.0 Å². The minimum Gasteiger partial charge on any atom is -0.464 e. The molecule has 0 aliphatic carbocycles. The highest BCUT2D eigenvalue weighted by atomic mass is 32.1. The Kier molecular flexibility index (Phi) is 5.21. The summed E-state index contributed by atoms with van der Waals surface area (Å²) in [6, 6.07) is 0. The zero-order chi connectivity index (χ0) is 12.0. The van der Waals surface area contributed by atoms with Crippen molar-refractivity contribution in [3.63, 3.8) is 0 Å².